The Morgan fingerprint density at radius 1 is 1.43 bits per heavy atom. The number of hydrogen-bond acceptors (Lipinski definition) is 4. The van der Waals surface area contributed by atoms with E-state index in [4.69, 9.17) is 16.3 Å². The first-order valence-electron chi connectivity index (χ1n) is 7.68. The maximum atomic E-state index is 12.9. The van der Waals surface area contributed by atoms with Gasteiger partial charge in [-0.1, -0.05) is 11.6 Å². The van der Waals surface area contributed by atoms with E-state index < -0.39 is 0 Å². The lowest BCUT2D eigenvalue weighted by Gasteiger charge is -2.37. The van der Waals surface area contributed by atoms with Crippen LogP contribution < -0.4 is 9.64 Å². The van der Waals surface area contributed by atoms with Crippen molar-refractivity contribution in [1.82, 2.24) is 14.8 Å². The molecule has 0 aromatic carbocycles. The molecule has 0 unspecified atom stereocenters. The summed E-state index contributed by atoms with van der Waals surface area (Å²) >= 11 is 6.15. The lowest BCUT2D eigenvalue weighted by molar-refractivity contribution is 0.0966. The first kappa shape index (κ1) is 15.8. The molecule has 23 heavy (non-hydrogen) atoms. The summed E-state index contributed by atoms with van der Waals surface area (Å²) in [6.07, 6.45) is 4.07. The number of carbonyl (C=O) groups is 1. The highest BCUT2D eigenvalue weighted by Gasteiger charge is 2.33. The van der Waals surface area contributed by atoms with Crippen molar-refractivity contribution in [3.8, 4) is 5.88 Å². The molecule has 122 valence electrons. The summed E-state index contributed by atoms with van der Waals surface area (Å²) in [5, 5.41) is 4.65. The summed E-state index contributed by atoms with van der Waals surface area (Å²) in [6.45, 7) is 6.47. The average molecular weight is 335 g/mol. The summed E-state index contributed by atoms with van der Waals surface area (Å²) in [7, 11) is 0. The quantitative estimate of drug-likeness (QED) is 0.863. The normalized spacial score (nSPS) is 20.3. The molecule has 0 saturated heterocycles. The Hall–Kier alpha value is -2.08. The third-order valence-corrected chi connectivity index (χ3v) is 4.26. The minimum atomic E-state index is -0.136. The minimum Gasteiger partial charge on any atom is -0.477 e. The Balaban J connectivity index is 1.94. The fraction of sp³-hybridized carbons (Fsp3) is 0.438. The van der Waals surface area contributed by atoms with Gasteiger partial charge in [0.25, 0.3) is 5.91 Å². The van der Waals surface area contributed by atoms with Gasteiger partial charge in [0.15, 0.2) is 0 Å². The highest BCUT2D eigenvalue weighted by atomic mass is 35.5. The van der Waals surface area contributed by atoms with Crippen LogP contribution in [0.3, 0.4) is 0 Å². The fourth-order valence-corrected chi connectivity index (χ4v) is 3.21. The number of carbonyl (C=O) groups excluding carboxylic acids is 1. The molecule has 2 aromatic heterocycles. The van der Waals surface area contributed by atoms with Crippen molar-refractivity contribution in [3.05, 3.63) is 35.1 Å². The molecule has 1 aliphatic rings. The molecule has 0 fully saturated rings. The highest BCUT2D eigenvalue weighted by Crippen LogP contribution is 2.33. The molecule has 1 amide bonds. The summed E-state index contributed by atoms with van der Waals surface area (Å²) in [5.41, 5.74) is 0.438. The summed E-state index contributed by atoms with van der Waals surface area (Å²) in [6, 6.07) is 3.80. The van der Waals surface area contributed by atoms with Gasteiger partial charge in [-0.15, -0.1) is 0 Å². The van der Waals surface area contributed by atoms with Crippen LogP contribution >= 0.6 is 11.6 Å². The predicted molar refractivity (Wildman–Crippen MR) is 88.2 cm³/mol. The summed E-state index contributed by atoms with van der Waals surface area (Å²) < 4.78 is 7.19. The van der Waals surface area contributed by atoms with Crippen molar-refractivity contribution >= 4 is 23.3 Å². The number of nitrogens with zero attached hydrogens (tertiary/aromatic N) is 4. The number of hydrogen-bond donors (Lipinski definition) is 0. The van der Waals surface area contributed by atoms with Gasteiger partial charge in [0.2, 0.25) is 5.88 Å². The van der Waals surface area contributed by atoms with Crippen molar-refractivity contribution < 1.29 is 9.53 Å². The van der Waals surface area contributed by atoms with Gasteiger partial charge in [-0.2, -0.15) is 5.10 Å². The third-order valence-electron chi connectivity index (χ3n) is 3.99. The van der Waals surface area contributed by atoms with Gasteiger partial charge in [-0.25, -0.2) is 9.67 Å². The topological polar surface area (TPSA) is 60.2 Å². The fourth-order valence-electron chi connectivity index (χ4n) is 2.99. The van der Waals surface area contributed by atoms with E-state index in [2.05, 4.69) is 17.0 Å². The van der Waals surface area contributed by atoms with E-state index in [-0.39, 0.29) is 18.0 Å². The van der Waals surface area contributed by atoms with Crippen LogP contribution in [0.15, 0.2) is 24.5 Å². The molecule has 3 rings (SSSR count). The Kier molecular flexibility index (Phi) is 4.26. The zero-order valence-corrected chi connectivity index (χ0v) is 14.1. The second-order valence-corrected chi connectivity index (χ2v) is 6.09. The van der Waals surface area contributed by atoms with Crippen LogP contribution in [0.2, 0.25) is 5.02 Å². The van der Waals surface area contributed by atoms with Crippen molar-refractivity contribution in [2.24, 2.45) is 0 Å². The van der Waals surface area contributed by atoms with E-state index in [0.717, 1.165) is 12.2 Å². The Labute approximate surface area is 140 Å². The number of anilines is 1. The van der Waals surface area contributed by atoms with Gasteiger partial charge in [-0.05, 0) is 33.3 Å². The van der Waals surface area contributed by atoms with Gasteiger partial charge >= 0.3 is 0 Å². The van der Waals surface area contributed by atoms with Gasteiger partial charge in [0, 0.05) is 18.3 Å². The van der Waals surface area contributed by atoms with Gasteiger partial charge in [0.05, 0.1) is 24.4 Å². The number of fused-ring (bicyclic) bond motifs is 1. The van der Waals surface area contributed by atoms with E-state index >= 15 is 0 Å². The number of pyridine rings is 1. The van der Waals surface area contributed by atoms with Crippen LogP contribution in [0.4, 0.5) is 5.82 Å². The van der Waals surface area contributed by atoms with E-state index in [1.54, 1.807) is 17.2 Å². The van der Waals surface area contributed by atoms with Crippen LogP contribution in [-0.2, 0) is 0 Å². The number of ether oxygens (including phenoxy) is 1. The zero-order valence-electron chi connectivity index (χ0n) is 13.4. The number of rotatable bonds is 3. The van der Waals surface area contributed by atoms with Crippen LogP contribution in [0.5, 0.6) is 5.88 Å². The second-order valence-electron chi connectivity index (χ2n) is 5.69. The third kappa shape index (κ3) is 2.79. The van der Waals surface area contributed by atoms with Crippen molar-refractivity contribution in [2.45, 2.75) is 39.3 Å². The number of amides is 1. The van der Waals surface area contributed by atoms with Crippen LogP contribution in [0, 0.1) is 0 Å². The molecule has 0 bridgehead atoms. The molecule has 2 atom stereocenters. The molecule has 3 heterocycles. The van der Waals surface area contributed by atoms with Crippen LogP contribution in [-0.4, -0.2) is 33.3 Å². The highest BCUT2D eigenvalue weighted by molar-refractivity contribution is 6.32. The van der Waals surface area contributed by atoms with Gasteiger partial charge in [-0.3, -0.25) is 9.69 Å². The molecule has 6 nitrogen and oxygen atoms in total. The van der Waals surface area contributed by atoms with E-state index in [9.17, 15) is 4.79 Å². The molecule has 0 radical (unpaired) electrons. The SMILES string of the molecule is CCOc1ncc(C(=O)N2c3ccnn3[C@H](C)C[C@H]2C)cc1Cl. The Bertz CT molecular complexity index is 731. The molecule has 1 aliphatic heterocycles. The molecular formula is C16H19ClN4O2. The van der Waals surface area contributed by atoms with E-state index in [1.165, 1.54) is 6.20 Å². The van der Waals surface area contributed by atoms with E-state index in [1.807, 2.05) is 24.6 Å². The maximum Gasteiger partial charge on any atom is 0.261 e. The smallest absolute Gasteiger partial charge is 0.261 e. The first-order chi connectivity index (χ1) is 11.0. The number of aromatic nitrogens is 3. The molecule has 0 saturated carbocycles. The predicted octanol–water partition coefficient (Wildman–Crippen LogP) is 3.33. The molecule has 0 spiro atoms. The second kappa shape index (κ2) is 6.20. The maximum absolute atomic E-state index is 12.9. The summed E-state index contributed by atoms with van der Waals surface area (Å²) in [4.78, 5) is 18.8. The summed E-state index contributed by atoms with van der Waals surface area (Å²) in [5.74, 6) is 1.01. The molecule has 7 heteroatoms. The number of halogens is 1. The van der Waals surface area contributed by atoms with Gasteiger partial charge < -0.3 is 4.74 Å². The van der Waals surface area contributed by atoms with Crippen LogP contribution in [0.1, 0.15) is 43.6 Å². The van der Waals surface area contributed by atoms with Crippen molar-refractivity contribution in [3.63, 3.8) is 0 Å². The molecule has 0 N–H and O–H groups in total. The van der Waals surface area contributed by atoms with Gasteiger partial charge in [0.1, 0.15) is 10.8 Å². The lowest BCUT2D eigenvalue weighted by atomic mass is 10.0. The van der Waals surface area contributed by atoms with Crippen molar-refractivity contribution in [1.29, 1.82) is 0 Å². The zero-order chi connectivity index (χ0) is 16.6. The Morgan fingerprint density at radius 3 is 2.91 bits per heavy atom. The molecule has 0 aliphatic carbocycles. The molecule has 2 aromatic rings. The minimum absolute atomic E-state index is 0.0760. The molecular weight excluding hydrogens is 316 g/mol. The monoisotopic (exact) mass is 334 g/mol. The Morgan fingerprint density at radius 2 is 2.22 bits per heavy atom. The average Bonchev–Trinajstić information content (AvgIpc) is 2.99. The lowest BCUT2D eigenvalue weighted by Crippen LogP contribution is -2.45. The standard InChI is InChI=1S/C16H19ClN4O2/c1-4-23-15-13(17)8-12(9-18-15)16(22)20-10(2)7-11(3)21-14(20)5-6-19-21/h5-6,8-11H,4,7H2,1-3H3/t10-,11-/m1/s1. The largest absolute Gasteiger partial charge is 0.477 e. The van der Waals surface area contributed by atoms with E-state index in [0.29, 0.717) is 23.1 Å². The van der Waals surface area contributed by atoms with Crippen LogP contribution in [0.25, 0.3) is 0 Å². The first-order valence-corrected chi connectivity index (χ1v) is 8.06. The van der Waals surface area contributed by atoms with Crippen molar-refractivity contribution in [2.75, 3.05) is 11.5 Å².